The van der Waals surface area contributed by atoms with Gasteiger partial charge in [0.2, 0.25) is 0 Å². The summed E-state index contributed by atoms with van der Waals surface area (Å²) < 4.78 is 5.37. The highest BCUT2D eigenvalue weighted by molar-refractivity contribution is 7.15. The lowest BCUT2D eigenvalue weighted by Gasteiger charge is -2.25. The molecule has 0 amide bonds. The van der Waals surface area contributed by atoms with E-state index in [4.69, 9.17) is 4.74 Å². The summed E-state index contributed by atoms with van der Waals surface area (Å²) in [5.41, 5.74) is 2.46. The lowest BCUT2D eigenvalue weighted by molar-refractivity contribution is 0.122. The van der Waals surface area contributed by atoms with Gasteiger partial charge in [0.05, 0.1) is 19.8 Å². The highest BCUT2D eigenvalue weighted by Gasteiger charge is 2.14. The van der Waals surface area contributed by atoms with Gasteiger partial charge in [0, 0.05) is 29.9 Å². The van der Waals surface area contributed by atoms with E-state index in [0.717, 1.165) is 38.0 Å². The van der Waals surface area contributed by atoms with Gasteiger partial charge in [0.25, 0.3) is 0 Å². The van der Waals surface area contributed by atoms with E-state index in [2.05, 4.69) is 46.4 Å². The summed E-state index contributed by atoms with van der Waals surface area (Å²) in [7, 11) is 0. The number of benzene rings is 1. The summed E-state index contributed by atoms with van der Waals surface area (Å²) >= 11 is 1.76. The molecule has 1 aliphatic rings. The Morgan fingerprint density at radius 2 is 2.10 bits per heavy atom. The van der Waals surface area contributed by atoms with Crippen molar-refractivity contribution in [2.24, 2.45) is 0 Å². The fourth-order valence-electron chi connectivity index (χ4n) is 2.23. The quantitative estimate of drug-likeness (QED) is 0.939. The molecule has 5 heteroatoms. The molecule has 1 fully saturated rings. The summed E-state index contributed by atoms with van der Waals surface area (Å²) in [5.74, 6) is 0. The fraction of sp³-hybridized carbons (Fsp3) is 0.400. The van der Waals surface area contributed by atoms with E-state index >= 15 is 0 Å². The van der Waals surface area contributed by atoms with Crippen LogP contribution in [0.5, 0.6) is 0 Å². The first kappa shape index (κ1) is 13.4. The Bertz CT molecular complexity index is 564. The lowest BCUT2D eigenvalue weighted by Crippen LogP contribution is -2.36. The van der Waals surface area contributed by atoms with Gasteiger partial charge in [-0.25, -0.2) is 4.98 Å². The van der Waals surface area contributed by atoms with Crippen LogP contribution in [0.4, 0.5) is 10.8 Å². The molecule has 1 aromatic carbocycles. The Morgan fingerprint density at radius 1 is 1.30 bits per heavy atom. The number of rotatable bonds is 4. The molecule has 0 bridgehead atoms. The van der Waals surface area contributed by atoms with Crippen LogP contribution in [-0.4, -0.2) is 31.3 Å². The highest BCUT2D eigenvalue weighted by Crippen LogP contribution is 2.24. The first-order valence-electron chi connectivity index (χ1n) is 6.90. The van der Waals surface area contributed by atoms with Crippen molar-refractivity contribution in [2.45, 2.75) is 13.5 Å². The molecule has 0 spiro atoms. The van der Waals surface area contributed by atoms with Crippen LogP contribution >= 0.6 is 11.3 Å². The Morgan fingerprint density at radius 3 is 2.90 bits per heavy atom. The average Bonchev–Trinajstić information content (AvgIpc) is 2.96. The molecule has 0 saturated carbocycles. The molecule has 3 rings (SSSR count). The highest BCUT2D eigenvalue weighted by atomic mass is 32.1. The topological polar surface area (TPSA) is 37.4 Å². The van der Waals surface area contributed by atoms with Crippen molar-refractivity contribution >= 4 is 22.2 Å². The monoisotopic (exact) mass is 289 g/mol. The number of hydrogen-bond acceptors (Lipinski definition) is 5. The van der Waals surface area contributed by atoms with Crippen molar-refractivity contribution in [2.75, 3.05) is 36.5 Å². The van der Waals surface area contributed by atoms with Crippen molar-refractivity contribution in [3.63, 3.8) is 0 Å². The molecule has 0 radical (unpaired) electrons. The van der Waals surface area contributed by atoms with Crippen LogP contribution in [0.25, 0.3) is 0 Å². The maximum atomic E-state index is 5.37. The van der Waals surface area contributed by atoms with Crippen molar-refractivity contribution in [1.29, 1.82) is 0 Å². The third-order valence-corrected chi connectivity index (χ3v) is 4.48. The van der Waals surface area contributed by atoms with Crippen LogP contribution in [0, 0.1) is 6.92 Å². The van der Waals surface area contributed by atoms with Gasteiger partial charge in [-0.3, -0.25) is 0 Å². The molecule has 4 nitrogen and oxygen atoms in total. The SMILES string of the molecule is Cc1ccccc1NCc1cnc(N2CCOCC2)s1. The molecule has 0 aliphatic carbocycles. The number of hydrogen-bond donors (Lipinski definition) is 1. The zero-order valence-electron chi connectivity index (χ0n) is 11.6. The molecule has 1 N–H and O–H groups in total. The normalized spacial score (nSPS) is 15.3. The fourth-order valence-corrected chi connectivity index (χ4v) is 3.13. The van der Waals surface area contributed by atoms with Gasteiger partial charge >= 0.3 is 0 Å². The van der Waals surface area contributed by atoms with E-state index in [1.165, 1.54) is 16.1 Å². The Kier molecular flexibility index (Phi) is 4.18. The molecule has 1 aromatic heterocycles. The molecular formula is C15H19N3OS. The number of aryl methyl sites for hydroxylation is 1. The second-order valence-corrected chi connectivity index (χ2v) is 5.97. The Balaban J connectivity index is 1.61. The minimum atomic E-state index is 0.802. The van der Waals surface area contributed by atoms with Crippen molar-refractivity contribution in [3.8, 4) is 0 Å². The van der Waals surface area contributed by atoms with Gasteiger partial charge < -0.3 is 15.0 Å². The van der Waals surface area contributed by atoms with E-state index in [1.54, 1.807) is 11.3 Å². The summed E-state index contributed by atoms with van der Waals surface area (Å²) in [5, 5.41) is 4.58. The van der Waals surface area contributed by atoms with Crippen LogP contribution in [-0.2, 0) is 11.3 Å². The Hall–Kier alpha value is -1.59. The standard InChI is InChI=1S/C15H19N3OS/c1-12-4-2-3-5-14(12)16-10-13-11-17-15(20-13)18-6-8-19-9-7-18/h2-5,11,16H,6-10H2,1H3. The molecule has 0 unspecified atom stereocenters. The zero-order chi connectivity index (χ0) is 13.8. The number of thiazole rings is 1. The summed E-state index contributed by atoms with van der Waals surface area (Å²) in [6, 6.07) is 8.35. The average molecular weight is 289 g/mol. The number of nitrogens with zero attached hydrogens (tertiary/aromatic N) is 2. The van der Waals surface area contributed by atoms with E-state index in [9.17, 15) is 0 Å². The molecular weight excluding hydrogens is 270 g/mol. The predicted octanol–water partition coefficient (Wildman–Crippen LogP) is 2.90. The van der Waals surface area contributed by atoms with Crippen molar-refractivity contribution in [1.82, 2.24) is 4.98 Å². The van der Waals surface area contributed by atoms with Gasteiger partial charge in [0.15, 0.2) is 5.13 Å². The largest absolute Gasteiger partial charge is 0.380 e. The lowest BCUT2D eigenvalue weighted by atomic mass is 10.2. The third kappa shape index (κ3) is 3.11. The van der Waals surface area contributed by atoms with Crippen LogP contribution in [0.15, 0.2) is 30.5 Å². The number of aromatic nitrogens is 1. The summed E-state index contributed by atoms with van der Waals surface area (Å²) in [6.45, 7) is 6.43. The van der Waals surface area contributed by atoms with Crippen molar-refractivity contribution < 1.29 is 4.74 Å². The number of morpholine rings is 1. The molecule has 20 heavy (non-hydrogen) atoms. The Labute approximate surface area is 123 Å². The minimum absolute atomic E-state index is 0.802. The minimum Gasteiger partial charge on any atom is -0.380 e. The number of nitrogens with one attached hydrogen (secondary N) is 1. The first-order chi connectivity index (χ1) is 9.83. The van der Waals surface area contributed by atoms with Gasteiger partial charge in [-0.2, -0.15) is 0 Å². The molecule has 106 valence electrons. The van der Waals surface area contributed by atoms with E-state index in [1.807, 2.05) is 6.20 Å². The second kappa shape index (κ2) is 6.24. The maximum Gasteiger partial charge on any atom is 0.185 e. The molecule has 1 saturated heterocycles. The van der Waals surface area contributed by atoms with Gasteiger partial charge in [-0.15, -0.1) is 11.3 Å². The van der Waals surface area contributed by atoms with E-state index in [0.29, 0.717) is 0 Å². The van der Waals surface area contributed by atoms with Gasteiger partial charge in [-0.1, -0.05) is 18.2 Å². The molecule has 2 heterocycles. The number of anilines is 2. The van der Waals surface area contributed by atoms with E-state index < -0.39 is 0 Å². The molecule has 2 aromatic rings. The summed E-state index contributed by atoms with van der Waals surface area (Å²) in [6.07, 6.45) is 1.97. The number of para-hydroxylation sites is 1. The van der Waals surface area contributed by atoms with Crippen LogP contribution in [0.1, 0.15) is 10.4 Å². The summed E-state index contributed by atoms with van der Waals surface area (Å²) in [4.78, 5) is 8.08. The van der Waals surface area contributed by atoms with Gasteiger partial charge in [0.1, 0.15) is 0 Å². The van der Waals surface area contributed by atoms with E-state index in [-0.39, 0.29) is 0 Å². The first-order valence-corrected chi connectivity index (χ1v) is 7.71. The van der Waals surface area contributed by atoms with Crippen LogP contribution < -0.4 is 10.2 Å². The zero-order valence-corrected chi connectivity index (χ0v) is 12.4. The predicted molar refractivity (Wildman–Crippen MR) is 83.7 cm³/mol. The molecule has 1 aliphatic heterocycles. The molecule has 0 atom stereocenters. The second-order valence-electron chi connectivity index (χ2n) is 4.88. The van der Waals surface area contributed by atoms with Gasteiger partial charge in [-0.05, 0) is 18.6 Å². The van der Waals surface area contributed by atoms with Crippen LogP contribution in [0.3, 0.4) is 0 Å². The van der Waals surface area contributed by atoms with Crippen molar-refractivity contribution in [3.05, 3.63) is 40.9 Å². The van der Waals surface area contributed by atoms with Crippen LogP contribution in [0.2, 0.25) is 0 Å². The third-order valence-electron chi connectivity index (χ3n) is 3.42. The maximum absolute atomic E-state index is 5.37. The smallest absolute Gasteiger partial charge is 0.185 e. The number of ether oxygens (including phenoxy) is 1.